The molecule has 0 bridgehead atoms. The molecule has 2 heterocycles. The van der Waals surface area contributed by atoms with Crippen molar-refractivity contribution in [1.82, 2.24) is 9.97 Å². The smallest absolute Gasteiger partial charge is 0.259 e. The van der Waals surface area contributed by atoms with Crippen molar-refractivity contribution in [2.45, 2.75) is 19.3 Å². The average molecular weight is 230 g/mol. The summed E-state index contributed by atoms with van der Waals surface area (Å²) in [5.74, 6) is -2.76. The number of H-pyrrole nitrogens is 1. The van der Waals surface area contributed by atoms with E-state index in [1.165, 1.54) is 12.4 Å². The van der Waals surface area contributed by atoms with Gasteiger partial charge >= 0.3 is 0 Å². The summed E-state index contributed by atoms with van der Waals surface area (Å²) in [5.41, 5.74) is -0.290. The molecule has 2 aromatic rings. The highest BCUT2D eigenvalue weighted by Gasteiger charge is 2.23. The van der Waals surface area contributed by atoms with Crippen LogP contribution in [0.2, 0.25) is 0 Å². The normalized spacial score (nSPS) is 12.2. The second kappa shape index (κ2) is 3.37. The van der Waals surface area contributed by atoms with Crippen molar-refractivity contribution in [2.75, 3.05) is 0 Å². The lowest BCUT2D eigenvalue weighted by Gasteiger charge is -2.06. The average Bonchev–Trinajstić information content (AvgIpc) is 2.45. The van der Waals surface area contributed by atoms with Crippen LogP contribution < -0.4 is 5.56 Å². The van der Waals surface area contributed by atoms with E-state index in [0.29, 0.717) is 15.1 Å². The van der Waals surface area contributed by atoms with Gasteiger partial charge in [-0.25, -0.2) is 13.8 Å². The lowest BCUT2D eigenvalue weighted by Crippen LogP contribution is -2.12. The van der Waals surface area contributed by atoms with Gasteiger partial charge in [0.15, 0.2) is 0 Å². The van der Waals surface area contributed by atoms with Crippen LogP contribution in [0, 0.1) is 0 Å². The SMILES string of the molecule is CC(F)(F)Cc1cc2c(=O)[nH]cnc2s1. The van der Waals surface area contributed by atoms with Crippen LogP contribution in [0.25, 0.3) is 10.2 Å². The second-order valence-electron chi connectivity index (χ2n) is 3.41. The molecule has 3 nitrogen and oxygen atoms in total. The Kier molecular flexibility index (Phi) is 2.30. The van der Waals surface area contributed by atoms with E-state index in [1.807, 2.05) is 0 Å². The first-order chi connectivity index (χ1) is 6.96. The van der Waals surface area contributed by atoms with Crippen molar-refractivity contribution in [2.24, 2.45) is 0 Å². The number of hydrogen-bond donors (Lipinski definition) is 1. The highest BCUT2D eigenvalue weighted by atomic mass is 32.1. The third-order valence-corrected chi connectivity index (χ3v) is 2.91. The molecule has 0 radical (unpaired) electrons. The first kappa shape index (κ1) is 10.2. The Morgan fingerprint density at radius 3 is 2.93 bits per heavy atom. The van der Waals surface area contributed by atoms with Crippen molar-refractivity contribution in [3.63, 3.8) is 0 Å². The molecule has 0 unspecified atom stereocenters. The van der Waals surface area contributed by atoms with Crippen LogP contribution in [-0.4, -0.2) is 15.9 Å². The van der Waals surface area contributed by atoms with Gasteiger partial charge in [-0.3, -0.25) is 4.79 Å². The van der Waals surface area contributed by atoms with E-state index in [4.69, 9.17) is 0 Å². The molecule has 0 saturated carbocycles. The maximum atomic E-state index is 12.7. The Morgan fingerprint density at radius 2 is 2.33 bits per heavy atom. The fourth-order valence-electron chi connectivity index (χ4n) is 1.31. The quantitative estimate of drug-likeness (QED) is 0.859. The number of aromatic nitrogens is 2. The number of fused-ring (bicyclic) bond motifs is 1. The van der Waals surface area contributed by atoms with Gasteiger partial charge in [0, 0.05) is 11.3 Å². The zero-order chi connectivity index (χ0) is 11.1. The topological polar surface area (TPSA) is 45.8 Å². The summed E-state index contributed by atoms with van der Waals surface area (Å²) in [5, 5.41) is 0.377. The number of alkyl halides is 2. The maximum absolute atomic E-state index is 12.7. The van der Waals surface area contributed by atoms with Gasteiger partial charge in [-0.2, -0.15) is 0 Å². The summed E-state index contributed by atoms with van der Waals surface area (Å²) in [6.45, 7) is 0.856. The van der Waals surface area contributed by atoms with E-state index >= 15 is 0 Å². The first-order valence-corrected chi connectivity index (χ1v) is 5.11. The summed E-state index contributed by atoms with van der Waals surface area (Å²) in [4.78, 5) is 18.6. The van der Waals surface area contributed by atoms with E-state index in [-0.39, 0.29) is 12.0 Å². The summed E-state index contributed by atoms with van der Waals surface area (Å²) < 4.78 is 25.5. The second-order valence-corrected chi connectivity index (χ2v) is 4.53. The number of aromatic amines is 1. The van der Waals surface area contributed by atoms with Gasteiger partial charge in [0.05, 0.1) is 11.7 Å². The van der Waals surface area contributed by atoms with Crippen LogP contribution in [0.1, 0.15) is 11.8 Å². The molecule has 0 aliphatic carbocycles. The number of nitrogens with one attached hydrogen (secondary N) is 1. The molecule has 0 amide bonds. The van der Waals surface area contributed by atoms with Crippen molar-refractivity contribution in [3.05, 3.63) is 27.6 Å². The highest BCUT2D eigenvalue weighted by Crippen LogP contribution is 2.26. The Labute approximate surface area is 87.8 Å². The number of thiophene rings is 1. The van der Waals surface area contributed by atoms with E-state index < -0.39 is 5.92 Å². The molecule has 0 fully saturated rings. The molecular formula is C9H8F2N2OS. The fourth-order valence-corrected chi connectivity index (χ4v) is 2.43. The maximum Gasteiger partial charge on any atom is 0.259 e. The predicted octanol–water partition coefficient (Wildman–Crippen LogP) is 2.18. The van der Waals surface area contributed by atoms with Gasteiger partial charge in [0.1, 0.15) is 4.83 Å². The van der Waals surface area contributed by atoms with E-state index in [2.05, 4.69) is 9.97 Å². The standard InChI is InChI=1S/C9H8F2N2OS/c1-9(10,11)3-5-2-6-7(14)12-4-13-8(6)15-5/h2,4H,3H2,1H3,(H,12,13,14). The zero-order valence-electron chi connectivity index (χ0n) is 7.88. The highest BCUT2D eigenvalue weighted by molar-refractivity contribution is 7.18. The number of hydrogen-bond acceptors (Lipinski definition) is 3. The molecule has 0 aliphatic heterocycles. The van der Waals surface area contributed by atoms with Crippen LogP contribution in [0.4, 0.5) is 8.78 Å². The Bertz CT molecular complexity index is 541. The van der Waals surface area contributed by atoms with Crippen molar-refractivity contribution in [3.8, 4) is 0 Å². The van der Waals surface area contributed by atoms with Crippen molar-refractivity contribution < 1.29 is 8.78 Å². The largest absolute Gasteiger partial charge is 0.313 e. The number of rotatable bonds is 2. The number of halogens is 2. The lowest BCUT2D eigenvalue weighted by molar-refractivity contribution is 0.0235. The summed E-state index contributed by atoms with van der Waals surface area (Å²) in [6, 6.07) is 1.48. The van der Waals surface area contributed by atoms with Gasteiger partial charge in [-0.05, 0) is 13.0 Å². The minimum atomic E-state index is -2.76. The molecule has 0 saturated heterocycles. The van der Waals surface area contributed by atoms with Gasteiger partial charge in [-0.1, -0.05) is 0 Å². The molecule has 0 spiro atoms. The molecule has 0 aromatic carbocycles. The van der Waals surface area contributed by atoms with Crippen LogP contribution >= 0.6 is 11.3 Å². The fraction of sp³-hybridized carbons (Fsp3) is 0.333. The Hall–Kier alpha value is -1.30. The molecule has 1 N–H and O–H groups in total. The first-order valence-electron chi connectivity index (χ1n) is 4.30. The number of nitrogens with zero attached hydrogens (tertiary/aromatic N) is 1. The van der Waals surface area contributed by atoms with Crippen molar-refractivity contribution >= 4 is 21.6 Å². The summed E-state index contributed by atoms with van der Waals surface area (Å²) in [7, 11) is 0. The third kappa shape index (κ3) is 2.20. The molecule has 6 heteroatoms. The Morgan fingerprint density at radius 1 is 1.60 bits per heavy atom. The molecule has 0 aliphatic rings. The molecule has 0 atom stereocenters. The molecule has 15 heavy (non-hydrogen) atoms. The molecular weight excluding hydrogens is 222 g/mol. The van der Waals surface area contributed by atoms with Gasteiger partial charge in [0.2, 0.25) is 5.92 Å². The van der Waals surface area contributed by atoms with E-state index in [0.717, 1.165) is 18.3 Å². The van der Waals surface area contributed by atoms with Gasteiger partial charge in [0.25, 0.3) is 5.56 Å². The van der Waals surface area contributed by atoms with E-state index in [9.17, 15) is 13.6 Å². The van der Waals surface area contributed by atoms with Crippen LogP contribution in [0.15, 0.2) is 17.2 Å². The third-order valence-electron chi connectivity index (χ3n) is 1.87. The minimum Gasteiger partial charge on any atom is -0.313 e. The van der Waals surface area contributed by atoms with Crippen LogP contribution in [0.5, 0.6) is 0 Å². The lowest BCUT2D eigenvalue weighted by atomic mass is 10.2. The molecule has 2 aromatic heterocycles. The van der Waals surface area contributed by atoms with Gasteiger partial charge < -0.3 is 4.98 Å². The van der Waals surface area contributed by atoms with Gasteiger partial charge in [-0.15, -0.1) is 11.3 Å². The van der Waals surface area contributed by atoms with Crippen LogP contribution in [0.3, 0.4) is 0 Å². The van der Waals surface area contributed by atoms with Crippen molar-refractivity contribution in [1.29, 1.82) is 0 Å². The monoisotopic (exact) mass is 230 g/mol. The zero-order valence-corrected chi connectivity index (χ0v) is 8.70. The van der Waals surface area contributed by atoms with Crippen LogP contribution in [-0.2, 0) is 6.42 Å². The van der Waals surface area contributed by atoms with E-state index in [1.54, 1.807) is 0 Å². The Balaban J connectivity index is 2.48. The summed E-state index contributed by atoms with van der Waals surface area (Å²) >= 11 is 1.13. The predicted molar refractivity (Wildman–Crippen MR) is 54.6 cm³/mol. The summed E-state index contributed by atoms with van der Waals surface area (Å²) in [6.07, 6.45) is 0.919. The molecule has 2 rings (SSSR count). The minimum absolute atomic E-state index is 0.290. The molecule has 80 valence electrons.